The SMILES string of the molecule is COc1ccc(-c2csc(C3=C(O)CN(CCc4nc(C)cs4)C3=N)n2)cc1. The highest BCUT2D eigenvalue weighted by molar-refractivity contribution is 7.11. The molecule has 28 heavy (non-hydrogen) atoms. The Morgan fingerprint density at radius 2 is 1.96 bits per heavy atom. The van der Waals surface area contributed by atoms with Gasteiger partial charge in [0.15, 0.2) is 0 Å². The first-order chi connectivity index (χ1) is 13.5. The number of amidine groups is 1. The Morgan fingerprint density at radius 3 is 2.64 bits per heavy atom. The Kier molecular flexibility index (Phi) is 5.15. The van der Waals surface area contributed by atoms with Gasteiger partial charge in [-0.2, -0.15) is 0 Å². The van der Waals surface area contributed by atoms with Gasteiger partial charge in [-0.05, 0) is 31.2 Å². The lowest BCUT2D eigenvalue weighted by Crippen LogP contribution is -2.28. The van der Waals surface area contributed by atoms with Crippen LogP contribution in [0, 0.1) is 12.3 Å². The number of methoxy groups -OCH3 is 1. The average molecular weight is 413 g/mol. The molecule has 0 aliphatic carbocycles. The van der Waals surface area contributed by atoms with E-state index in [1.54, 1.807) is 18.4 Å². The molecule has 3 aromatic rings. The van der Waals surface area contributed by atoms with Gasteiger partial charge in [-0.1, -0.05) is 0 Å². The minimum atomic E-state index is 0.205. The van der Waals surface area contributed by atoms with E-state index >= 15 is 0 Å². The number of aromatic nitrogens is 2. The molecule has 144 valence electrons. The number of aliphatic hydroxyl groups excluding tert-OH is 1. The summed E-state index contributed by atoms with van der Waals surface area (Å²) in [6.07, 6.45) is 0.760. The largest absolute Gasteiger partial charge is 0.510 e. The van der Waals surface area contributed by atoms with E-state index < -0.39 is 0 Å². The van der Waals surface area contributed by atoms with Crippen LogP contribution in [-0.4, -0.2) is 46.0 Å². The lowest BCUT2D eigenvalue weighted by Gasteiger charge is -2.17. The zero-order chi connectivity index (χ0) is 19.7. The highest BCUT2D eigenvalue weighted by atomic mass is 32.1. The molecule has 0 saturated carbocycles. The van der Waals surface area contributed by atoms with E-state index in [4.69, 9.17) is 10.1 Å². The third kappa shape index (κ3) is 3.65. The maximum Gasteiger partial charge on any atom is 0.135 e. The fraction of sp³-hybridized carbons (Fsp3) is 0.250. The Balaban J connectivity index is 1.48. The average Bonchev–Trinajstić information content (AvgIpc) is 3.40. The van der Waals surface area contributed by atoms with Gasteiger partial charge in [0.25, 0.3) is 0 Å². The molecule has 0 atom stereocenters. The summed E-state index contributed by atoms with van der Waals surface area (Å²) in [4.78, 5) is 11.0. The number of aryl methyl sites for hydroxylation is 1. The van der Waals surface area contributed by atoms with Crippen LogP contribution in [0.2, 0.25) is 0 Å². The van der Waals surface area contributed by atoms with Crippen LogP contribution >= 0.6 is 22.7 Å². The highest BCUT2D eigenvalue weighted by Crippen LogP contribution is 2.32. The van der Waals surface area contributed by atoms with Gasteiger partial charge in [-0.25, -0.2) is 9.97 Å². The van der Waals surface area contributed by atoms with Crippen molar-refractivity contribution in [1.82, 2.24) is 14.9 Å². The normalized spacial score (nSPS) is 14.2. The molecule has 1 aromatic carbocycles. The molecule has 0 radical (unpaired) electrons. The van der Waals surface area contributed by atoms with Gasteiger partial charge in [0.2, 0.25) is 0 Å². The molecule has 0 unspecified atom stereocenters. The van der Waals surface area contributed by atoms with Gasteiger partial charge in [0.05, 0.1) is 29.9 Å². The molecule has 0 amide bonds. The number of rotatable bonds is 6. The van der Waals surface area contributed by atoms with Crippen molar-refractivity contribution in [2.24, 2.45) is 0 Å². The van der Waals surface area contributed by atoms with Gasteiger partial charge < -0.3 is 14.7 Å². The van der Waals surface area contributed by atoms with Crippen molar-refractivity contribution < 1.29 is 9.84 Å². The second kappa shape index (κ2) is 7.73. The fourth-order valence-corrected chi connectivity index (χ4v) is 4.74. The number of benzene rings is 1. The Morgan fingerprint density at radius 1 is 1.18 bits per heavy atom. The van der Waals surface area contributed by atoms with Crippen LogP contribution < -0.4 is 4.74 Å². The molecule has 3 heterocycles. The van der Waals surface area contributed by atoms with E-state index in [9.17, 15) is 5.11 Å². The number of nitrogens with one attached hydrogen (secondary N) is 1. The van der Waals surface area contributed by atoms with Gasteiger partial charge in [-0.3, -0.25) is 5.41 Å². The third-order valence-electron chi connectivity index (χ3n) is 4.55. The predicted molar refractivity (Wildman–Crippen MR) is 114 cm³/mol. The van der Waals surface area contributed by atoms with Crippen molar-refractivity contribution in [2.75, 3.05) is 20.2 Å². The van der Waals surface area contributed by atoms with Crippen molar-refractivity contribution in [3.63, 3.8) is 0 Å². The molecule has 2 aromatic heterocycles. The minimum absolute atomic E-state index is 0.205. The first-order valence-corrected chi connectivity index (χ1v) is 10.6. The topological polar surface area (TPSA) is 82.3 Å². The van der Waals surface area contributed by atoms with E-state index in [1.165, 1.54) is 11.3 Å². The smallest absolute Gasteiger partial charge is 0.135 e. The number of ether oxygens (including phenoxy) is 1. The number of aliphatic hydroxyl groups is 1. The Labute approximate surface area is 171 Å². The molecule has 1 aliphatic heterocycles. The Bertz CT molecular complexity index is 1040. The van der Waals surface area contributed by atoms with E-state index in [-0.39, 0.29) is 5.76 Å². The zero-order valence-electron chi connectivity index (χ0n) is 15.6. The summed E-state index contributed by atoms with van der Waals surface area (Å²) in [5.74, 6) is 1.32. The number of hydrogen-bond acceptors (Lipinski definition) is 7. The zero-order valence-corrected chi connectivity index (χ0v) is 17.2. The van der Waals surface area contributed by atoms with E-state index in [0.29, 0.717) is 29.5 Å². The summed E-state index contributed by atoms with van der Waals surface area (Å²) >= 11 is 3.07. The van der Waals surface area contributed by atoms with Crippen LogP contribution in [0.3, 0.4) is 0 Å². The quantitative estimate of drug-likeness (QED) is 0.627. The second-order valence-corrected chi connectivity index (χ2v) is 8.29. The van der Waals surface area contributed by atoms with Crippen LogP contribution in [0.1, 0.15) is 15.7 Å². The molecule has 8 heteroatoms. The van der Waals surface area contributed by atoms with Crippen LogP contribution in [-0.2, 0) is 6.42 Å². The van der Waals surface area contributed by atoms with Crippen LogP contribution in [0.25, 0.3) is 16.8 Å². The summed E-state index contributed by atoms with van der Waals surface area (Å²) < 4.78 is 5.19. The fourth-order valence-electron chi connectivity index (χ4n) is 3.08. The van der Waals surface area contributed by atoms with Crippen LogP contribution in [0.5, 0.6) is 5.75 Å². The molecular weight excluding hydrogens is 392 g/mol. The van der Waals surface area contributed by atoms with Crippen molar-refractivity contribution in [1.29, 1.82) is 5.41 Å². The van der Waals surface area contributed by atoms with E-state index in [2.05, 4.69) is 9.97 Å². The highest BCUT2D eigenvalue weighted by Gasteiger charge is 2.30. The first-order valence-electron chi connectivity index (χ1n) is 8.82. The molecule has 0 spiro atoms. The Hall–Kier alpha value is -2.71. The second-order valence-electron chi connectivity index (χ2n) is 6.49. The molecule has 0 bridgehead atoms. The summed E-state index contributed by atoms with van der Waals surface area (Å²) in [7, 11) is 1.64. The molecular formula is C20H20N4O2S2. The summed E-state index contributed by atoms with van der Waals surface area (Å²) in [5.41, 5.74) is 3.35. The van der Waals surface area contributed by atoms with Gasteiger partial charge in [0.1, 0.15) is 22.4 Å². The summed E-state index contributed by atoms with van der Waals surface area (Å²) in [6.45, 7) is 2.97. The maximum atomic E-state index is 10.5. The van der Waals surface area contributed by atoms with E-state index in [1.807, 2.05) is 46.8 Å². The molecule has 4 rings (SSSR count). The first kappa shape index (κ1) is 18.6. The lowest BCUT2D eigenvalue weighted by atomic mass is 10.1. The predicted octanol–water partition coefficient (Wildman–Crippen LogP) is 4.39. The molecule has 0 saturated heterocycles. The monoisotopic (exact) mass is 412 g/mol. The van der Waals surface area contributed by atoms with Crippen molar-refractivity contribution in [3.05, 3.63) is 56.5 Å². The van der Waals surface area contributed by atoms with Crippen molar-refractivity contribution >= 4 is 34.1 Å². The number of hydrogen-bond donors (Lipinski definition) is 2. The molecule has 0 fully saturated rings. The molecule has 1 aliphatic rings. The van der Waals surface area contributed by atoms with Gasteiger partial charge in [0, 0.05) is 35.0 Å². The van der Waals surface area contributed by atoms with Crippen molar-refractivity contribution in [2.45, 2.75) is 13.3 Å². The molecule has 6 nitrogen and oxygen atoms in total. The van der Waals surface area contributed by atoms with Crippen LogP contribution in [0.15, 0.2) is 40.8 Å². The van der Waals surface area contributed by atoms with Crippen LogP contribution in [0.4, 0.5) is 0 Å². The van der Waals surface area contributed by atoms with Gasteiger partial charge >= 0.3 is 0 Å². The maximum absolute atomic E-state index is 10.5. The standard InChI is InChI=1S/C20H20N4O2S2/c1-12-10-27-17(22-12)7-8-24-9-16(25)18(19(24)21)20-23-15(11-28-20)13-3-5-14(26-2)6-4-13/h3-6,10-11,21,25H,7-9H2,1-2H3. The van der Waals surface area contributed by atoms with Crippen molar-refractivity contribution in [3.8, 4) is 17.0 Å². The van der Waals surface area contributed by atoms with Gasteiger partial charge in [-0.15, -0.1) is 22.7 Å². The van der Waals surface area contributed by atoms with E-state index in [0.717, 1.165) is 34.1 Å². The summed E-state index contributed by atoms with van der Waals surface area (Å²) in [6, 6.07) is 7.69. The minimum Gasteiger partial charge on any atom is -0.510 e. The third-order valence-corrected chi connectivity index (χ3v) is 6.43. The lowest BCUT2D eigenvalue weighted by molar-refractivity contribution is 0.351. The summed E-state index contributed by atoms with van der Waals surface area (Å²) in [5, 5.41) is 24.7. The molecule has 2 N–H and O–H groups in total. The number of nitrogens with zero attached hydrogens (tertiary/aromatic N) is 3. The number of thiazole rings is 2.